The maximum Gasteiger partial charge on any atom is 0.337 e. The summed E-state index contributed by atoms with van der Waals surface area (Å²) in [5.41, 5.74) is 0.975. The van der Waals surface area contributed by atoms with Gasteiger partial charge >= 0.3 is 5.97 Å². The average Bonchev–Trinajstić information content (AvgIpc) is 2.48. The van der Waals surface area contributed by atoms with E-state index in [1.54, 1.807) is 12.1 Å². The molecule has 6 heteroatoms. The molecule has 1 aromatic carbocycles. The number of aromatic nitrogens is 1. The lowest BCUT2D eigenvalue weighted by Crippen LogP contribution is -2.13. The molecule has 5 nitrogen and oxygen atoms in total. The molecule has 1 amide bonds. The molecule has 0 fully saturated rings. The summed E-state index contributed by atoms with van der Waals surface area (Å²) < 4.78 is 17.3. The Morgan fingerprint density at radius 1 is 1.15 bits per heavy atom. The number of carbonyl (C=O) groups is 2. The Kier molecular flexibility index (Phi) is 4.05. The first-order valence-corrected chi connectivity index (χ1v) is 5.71. The van der Waals surface area contributed by atoms with Gasteiger partial charge in [0.05, 0.1) is 18.9 Å². The van der Waals surface area contributed by atoms with Crippen molar-refractivity contribution in [3.63, 3.8) is 0 Å². The fourth-order valence-electron chi connectivity index (χ4n) is 1.51. The van der Waals surface area contributed by atoms with Crippen LogP contribution in [0, 0.1) is 5.82 Å². The van der Waals surface area contributed by atoms with E-state index in [1.807, 2.05) is 0 Å². The molecule has 0 atom stereocenters. The Balaban J connectivity index is 2.08. The quantitative estimate of drug-likeness (QED) is 0.872. The smallest absolute Gasteiger partial charge is 0.337 e. The SMILES string of the molecule is COC(=O)c1ccc(NC(=O)c2ccc(F)cn2)cc1. The predicted molar refractivity (Wildman–Crippen MR) is 69.9 cm³/mol. The van der Waals surface area contributed by atoms with Crippen molar-refractivity contribution in [3.8, 4) is 0 Å². The van der Waals surface area contributed by atoms with Crippen LogP contribution in [0.3, 0.4) is 0 Å². The first-order chi connectivity index (χ1) is 9.60. The van der Waals surface area contributed by atoms with Crippen LogP contribution in [0.25, 0.3) is 0 Å². The van der Waals surface area contributed by atoms with E-state index in [0.29, 0.717) is 11.3 Å². The number of amides is 1. The third-order valence-electron chi connectivity index (χ3n) is 2.52. The fourth-order valence-corrected chi connectivity index (χ4v) is 1.51. The predicted octanol–water partition coefficient (Wildman–Crippen LogP) is 2.26. The number of pyridine rings is 1. The van der Waals surface area contributed by atoms with E-state index in [0.717, 1.165) is 12.3 Å². The van der Waals surface area contributed by atoms with Crippen molar-refractivity contribution in [2.45, 2.75) is 0 Å². The van der Waals surface area contributed by atoms with Crippen molar-refractivity contribution >= 4 is 17.6 Å². The molecule has 1 heterocycles. The highest BCUT2D eigenvalue weighted by molar-refractivity contribution is 6.03. The summed E-state index contributed by atoms with van der Waals surface area (Å²) in [4.78, 5) is 26.7. The minimum atomic E-state index is -0.510. The van der Waals surface area contributed by atoms with Gasteiger partial charge in [-0.05, 0) is 36.4 Å². The number of ether oxygens (including phenoxy) is 1. The van der Waals surface area contributed by atoms with Crippen LogP contribution in [0.1, 0.15) is 20.8 Å². The van der Waals surface area contributed by atoms with Crippen LogP contribution in [-0.4, -0.2) is 24.0 Å². The molecule has 1 aromatic heterocycles. The number of esters is 1. The molecule has 0 saturated carbocycles. The maximum atomic E-state index is 12.7. The third kappa shape index (κ3) is 3.17. The van der Waals surface area contributed by atoms with Crippen molar-refractivity contribution in [1.29, 1.82) is 0 Å². The van der Waals surface area contributed by atoms with Gasteiger partial charge in [-0.25, -0.2) is 14.2 Å². The summed E-state index contributed by atoms with van der Waals surface area (Å²) in [6, 6.07) is 8.62. The van der Waals surface area contributed by atoms with Gasteiger partial charge in [-0.15, -0.1) is 0 Å². The molecule has 0 spiro atoms. The van der Waals surface area contributed by atoms with Crippen LogP contribution in [0.2, 0.25) is 0 Å². The molecular weight excluding hydrogens is 263 g/mol. The lowest BCUT2D eigenvalue weighted by Gasteiger charge is -2.05. The van der Waals surface area contributed by atoms with Gasteiger partial charge in [0, 0.05) is 5.69 Å². The van der Waals surface area contributed by atoms with Crippen molar-refractivity contribution in [2.75, 3.05) is 12.4 Å². The van der Waals surface area contributed by atoms with Gasteiger partial charge in [0.15, 0.2) is 0 Å². The van der Waals surface area contributed by atoms with E-state index in [-0.39, 0.29) is 5.69 Å². The molecule has 0 aliphatic heterocycles. The largest absolute Gasteiger partial charge is 0.465 e. The van der Waals surface area contributed by atoms with Gasteiger partial charge in [0.1, 0.15) is 11.5 Å². The Morgan fingerprint density at radius 2 is 1.85 bits per heavy atom. The highest BCUT2D eigenvalue weighted by Gasteiger charge is 2.09. The number of nitrogens with zero attached hydrogens (tertiary/aromatic N) is 1. The zero-order valence-corrected chi connectivity index (χ0v) is 10.6. The van der Waals surface area contributed by atoms with Crippen molar-refractivity contribution in [2.24, 2.45) is 0 Å². The van der Waals surface area contributed by atoms with E-state index in [2.05, 4.69) is 15.0 Å². The van der Waals surface area contributed by atoms with Crippen LogP contribution >= 0.6 is 0 Å². The highest BCUT2D eigenvalue weighted by atomic mass is 19.1. The first-order valence-electron chi connectivity index (χ1n) is 5.71. The third-order valence-corrected chi connectivity index (χ3v) is 2.52. The van der Waals surface area contributed by atoms with Crippen molar-refractivity contribution < 1.29 is 18.7 Å². The number of rotatable bonds is 3. The minimum absolute atomic E-state index is 0.100. The van der Waals surface area contributed by atoms with Crippen LogP contribution in [-0.2, 0) is 4.74 Å². The second-order valence-corrected chi connectivity index (χ2v) is 3.88. The lowest BCUT2D eigenvalue weighted by molar-refractivity contribution is 0.0600. The maximum absolute atomic E-state index is 12.7. The summed E-state index contributed by atoms with van der Waals surface area (Å²) in [5.74, 6) is -1.43. The van der Waals surface area contributed by atoms with Gasteiger partial charge in [-0.2, -0.15) is 0 Å². The fraction of sp³-hybridized carbons (Fsp3) is 0.0714. The molecule has 0 aliphatic rings. The molecule has 2 aromatic rings. The zero-order valence-electron chi connectivity index (χ0n) is 10.6. The molecule has 2 rings (SSSR count). The molecule has 0 radical (unpaired) electrons. The van der Waals surface area contributed by atoms with Gasteiger partial charge in [0.2, 0.25) is 0 Å². The lowest BCUT2D eigenvalue weighted by atomic mass is 10.2. The van der Waals surface area contributed by atoms with Crippen LogP contribution in [0.15, 0.2) is 42.6 Å². The van der Waals surface area contributed by atoms with E-state index in [9.17, 15) is 14.0 Å². The van der Waals surface area contributed by atoms with Crippen molar-refractivity contribution in [1.82, 2.24) is 4.98 Å². The van der Waals surface area contributed by atoms with Gasteiger partial charge in [-0.3, -0.25) is 4.79 Å². The number of methoxy groups -OCH3 is 1. The Morgan fingerprint density at radius 3 is 2.40 bits per heavy atom. The van der Waals surface area contributed by atoms with E-state index in [4.69, 9.17) is 0 Å². The monoisotopic (exact) mass is 274 g/mol. The number of benzene rings is 1. The summed E-state index contributed by atoms with van der Waals surface area (Å²) >= 11 is 0. The second kappa shape index (κ2) is 5.92. The van der Waals surface area contributed by atoms with E-state index >= 15 is 0 Å². The summed E-state index contributed by atoms with van der Waals surface area (Å²) in [6.45, 7) is 0. The van der Waals surface area contributed by atoms with Crippen LogP contribution in [0.4, 0.5) is 10.1 Å². The number of halogens is 1. The number of nitrogens with one attached hydrogen (secondary N) is 1. The molecule has 0 bridgehead atoms. The zero-order chi connectivity index (χ0) is 14.5. The first kappa shape index (κ1) is 13.7. The molecule has 0 saturated heterocycles. The Bertz CT molecular complexity index is 624. The summed E-state index contributed by atoms with van der Waals surface area (Å²) in [7, 11) is 1.29. The number of hydrogen-bond acceptors (Lipinski definition) is 4. The normalized spacial score (nSPS) is 9.90. The standard InChI is InChI=1S/C14H11FN2O3/c1-20-14(19)9-2-5-11(6-3-9)17-13(18)12-7-4-10(15)8-16-12/h2-8H,1H3,(H,17,18). The van der Waals surface area contributed by atoms with E-state index in [1.165, 1.54) is 25.3 Å². The van der Waals surface area contributed by atoms with Gasteiger partial charge < -0.3 is 10.1 Å². The summed E-state index contributed by atoms with van der Waals surface area (Å²) in [6.07, 6.45) is 0.968. The molecule has 0 unspecified atom stereocenters. The molecule has 1 N–H and O–H groups in total. The van der Waals surface area contributed by atoms with Crippen molar-refractivity contribution in [3.05, 3.63) is 59.7 Å². The molecular formula is C14H11FN2O3. The van der Waals surface area contributed by atoms with Crippen LogP contribution in [0.5, 0.6) is 0 Å². The Labute approximate surface area is 114 Å². The molecule has 0 aliphatic carbocycles. The summed E-state index contributed by atoms with van der Waals surface area (Å²) in [5, 5.41) is 2.59. The topological polar surface area (TPSA) is 68.3 Å². The highest BCUT2D eigenvalue weighted by Crippen LogP contribution is 2.11. The minimum Gasteiger partial charge on any atom is -0.465 e. The number of anilines is 1. The average molecular weight is 274 g/mol. The van der Waals surface area contributed by atoms with Gasteiger partial charge in [-0.1, -0.05) is 0 Å². The van der Waals surface area contributed by atoms with Gasteiger partial charge in [0.25, 0.3) is 5.91 Å². The Hall–Kier alpha value is -2.76. The molecule has 102 valence electrons. The molecule has 20 heavy (non-hydrogen) atoms. The number of hydrogen-bond donors (Lipinski definition) is 1. The number of carbonyl (C=O) groups excluding carboxylic acids is 2. The van der Waals surface area contributed by atoms with Crippen LogP contribution < -0.4 is 5.32 Å². The second-order valence-electron chi connectivity index (χ2n) is 3.88. The van der Waals surface area contributed by atoms with E-state index < -0.39 is 17.7 Å².